The monoisotopic (exact) mass is 328 g/mol. The smallest absolute Gasteiger partial charge is 0.265 e. The highest BCUT2D eigenvalue weighted by atomic mass is 32.1. The number of thiophene rings is 1. The fourth-order valence-corrected chi connectivity index (χ4v) is 3.45. The molecule has 23 heavy (non-hydrogen) atoms. The summed E-state index contributed by atoms with van der Waals surface area (Å²) in [6.45, 7) is 4.12. The van der Waals surface area contributed by atoms with Gasteiger partial charge in [0.25, 0.3) is 5.91 Å². The molecule has 0 atom stereocenters. The largest absolute Gasteiger partial charge is 0.326 e. The van der Waals surface area contributed by atoms with Crippen molar-refractivity contribution in [2.45, 2.75) is 33.1 Å². The lowest BCUT2D eigenvalue weighted by Crippen LogP contribution is -2.14. The van der Waals surface area contributed by atoms with Gasteiger partial charge in [-0.05, 0) is 56.0 Å². The van der Waals surface area contributed by atoms with Crippen LogP contribution < -0.4 is 10.6 Å². The minimum Gasteiger partial charge on any atom is -0.326 e. The van der Waals surface area contributed by atoms with E-state index in [2.05, 4.69) is 17.6 Å². The van der Waals surface area contributed by atoms with E-state index < -0.39 is 0 Å². The predicted octanol–water partition coefficient (Wildman–Crippen LogP) is 4.22. The Morgan fingerprint density at radius 3 is 2.48 bits per heavy atom. The van der Waals surface area contributed by atoms with Gasteiger partial charge in [0, 0.05) is 22.2 Å². The molecule has 2 aromatic rings. The minimum atomic E-state index is -0.108. The molecular formula is C18H20N2O2S. The fraction of sp³-hybridized carbons (Fsp3) is 0.333. The fourth-order valence-electron chi connectivity index (χ4n) is 2.44. The lowest BCUT2D eigenvalue weighted by molar-refractivity contribution is -0.117. The van der Waals surface area contributed by atoms with E-state index >= 15 is 0 Å². The topological polar surface area (TPSA) is 58.2 Å². The van der Waals surface area contributed by atoms with Gasteiger partial charge in [-0.25, -0.2) is 0 Å². The number of amides is 2. The van der Waals surface area contributed by atoms with E-state index in [9.17, 15) is 9.59 Å². The van der Waals surface area contributed by atoms with Gasteiger partial charge in [-0.2, -0.15) is 0 Å². The summed E-state index contributed by atoms with van der Waals surface area (Å²) in [6.07, 6.45) is 2.87. The van der Waals surface area contributed by atoms with Crippen LogP contribution >= 0.6 is 11.3 Å². The molecule has 120 valence electrons. The molecule has 0 bridgehead atoms. The van der Waals surface area contributed by atoms with E-state index in [1.807, 2.05) is 31.2 Å². The van der Waals surface area contributed by atoms with Crippen LogP contribution in [0.4, 0.5) is 11.4 Å². The zero-order valence-corrected chi connectivity index (χ0v) is 14.1. The van der Waals surface area contributed by atoms with E-state index in [0.29, 0.717) is 10.6 Å². The van der Waals surface area contributed by atoms with Crippen molar-refractivity contribution in [3.8, 4) is 0 Å². The van der Waals surface area contributed by atoms with Crippen LogP contribution in [0.15, 0.2) is 30.3 Å². The Balaban J connectivity index is 1.69. The van der Waals surface area contributed by atoms with Crippen LogP contribution in [0.2, 0.25) is 0 Å². The van der Waals surface area contributed by atoms with E-state index in [0.717, 1.165) is 24.9 Å². The average molecular weight is 328 g/mol. The first-order chi connectivity index (χ1) is 11.1. The first-order valence-electron chi connectivity index (χ1n) is 7.88. The molecule has 1 heterocycles. The minimum absolute atomic E-state index is 0.0648. The van der Waals surface area contributed by atoms with Crippen LogP contribution in [-0.4, -0.2) is 11.8 Å². The second-order valence-electron chi connectivity index (χ2n) is 5.84. The molecule has 1 aliphatic rings. The van der Waals surface area contributed by atoms with Crippen molar-refractivity contribution in [3.05, 3.63) is 45.6 Å². The molecule has 0 radical (unpaired) electrons. The molecular weight excluding hydrogens is 308 g/mol. The molecule has 0 aliphatic heterocycles. The third kappa shape index (κ3) is 3.79. The Labute approximate surface area is 139 Å². The van der Waals surface area contributed by atoms with Crippen LogP contribution in [0.5, 0.6) is 0 Å². The van der Waals surface area contributed by atoms with E-state index in [4.69, 9.17) is 0 Å². The molecule has 0 unspecified atom stereocenters. The van der Waals surface area contributed by atoms with Gasteiger partial charge in [0.1, 0.15) is 0 Å². The molecule has 2 N–H and O–H groups in total. The Kier molecular flexibility index (Phi) is 4.48. The van der Waals surface area contributed by atoms with Gasteiger partial charge in [0.05, 0.1) is 4.88 Å². The maximum atomic E-state index is 12.4. The van der Waals surface area contributed by atoms with Crippen molar-refractivity contribution in [2.75, 3.05) is 10.6 Å². The molecule has 1 aromatic carbocycles. The van der Waals surface area contributed by atoms with Crippen molar-refractivity contribution >= 4 is 34.5 Å². The van der Waals surface area contributed by atoms with Gasteiger partial charge in [-0.3, -0.25) is 9.59 Å². The lowest BCUT2D eigenvalue weighted by atomic mass is 10.2. The van der Waals surface area contributed by atoms with E-state index in [1.165, 1.54) is 21.8 Å². The van der Waals surface area contributed by atoms with Crippen LogP contribution in [0.3, 0.4) is 0 Å². The summed E-state index contributed by atoms with van der Waals surface area (Å²) in [4.78, 5) is 26.1. The Bertz CT molecular complexity index is 747. The molecule has 5 heteroatoms. The van der Waals surface area contributed by atoms with Gasteiger partial charge in [0.2, 0.25) is 5.91 Å². The number of carbonyl (C=O) groups excluding carboxylic acids is 2. The quantitative estimate of drug-likeness (QED) is 0.863. The summed E-state index contributed by atoms with van der Waals surface area (Å²) in [6, 6.07) is 9.23. The summed E-state index contributed by atoms with van der Waals surface area (Å²) in [7, 11) is 0. The number of benzene rings is 1. The molecule has 4 nitrogen and oxygen atoms in total. The SMILES string of the molecule is CCc1cc(C(=O)Nc2cccc(NC(=O)C3CC3)c2)sc1C. The number of anilines is 2. The standard InChI is InChI=1S/C18H20N2O2S/c1-3-12-9-16(23-11(12)2)18(22)20-15-6-4-5-14(10-15)19-17(21)13-7-8-13/h4-6,9-10,13H,3,7-8H2,1-2H3,(H,19,21)(H,20,22). The lowest BCUT2D eigenvalue weighted by Gasteiger charge is -2.08. The van der Waals surface area contributed by atoms with Gasteiger partial charge >= 0.3 is 0 Å². The number of aryl methyl sites for hydroxylation is 2. The molecule has 0 spiro atoms. The van der Waals surface area contributed by atoms with Crippen LogP contribution in [-0.2, 0) is 11.2 Å². The summed E-state index contributed by atoms with van der Waals surface area (Å²) >= 11 is 1.51. The first kappa shape index (κ1) is 15.7. The normalized spacial score (nSPS) is 13.7. The Morgan fingerprint density at radius 1 is 1.17 bits per heavy atom. The van der Waals surface area contributed by atoms with Crippen molar-refractivity contribution in [2.24, 2.45) is 5.92 Å². The van der Waals surface area contributed by atoms with Gasteiger partial charge in [-0.1, -0.05) is 13.0 Å². The van der Waals surface area contributed by atoms with Gasteiger partial charge in [-0.15, -0.1) is 11.3 Å². The maximum Gasteiger partial charge on any atom is 0.265 e. The highest BCUT2D eigenvalue weighted by Gasteiger charge is 2.29. The second-order valence-corrected chi connectivity index (χ2v) is 7.10. The third-order valence-electron chi connectivity index (χ3n) is 3.96. The van der Waals surface area contributed by atoms with E-state index in [1.54, 1.807) is 6.07 Å². The van der Waals surface area contributed by atoms with Crippen molar-refractivity contribution < 1.29 is 9.59 Å². The van der Waals surface area contributed by atoms with Gasteiger partial charge < -0.3 is 10.6 Å². The highest BCUT2D eigenvalue weighted by molar-refractivity contribution is 7.14. The van der Waals surface area contributed by atoms with Gasteiger partial charge in [0.15, 0.2) is 0 Å². The summed E-state index contributed by atoms with van der Waals surface area (Å²) in [5.41, 5.74) is 2.62. The zero-order valence-electron chi connectivity index (χ0n) is 13.3. The summed E-state index contributed by atoms with van der Waals surface area (Å²) in [5.74, 6) is 0.119. The van der Waals surface area contributed by atoms with Crippen LogP contribution in [0.1, 0.15) is 39.9 Å². The Hall–Kier alpha value is -2.14. The maximum absolute atomic E-state index is 12.4. The van der Waals surface area contributed by atoms with Crippen LogP contribution in [0, 0.1) is 12.8 Å². The van der Waals surface area contributed by atoms with Crippen LogP contribution in [0.25, 0.3) is 0 Å². The number of nitrogens with one attached hydrogen (secondary N) is 2. The Morgan fingerprint density at radius 2 is 1.87 bits per heavy atom. The zero-order chi connectivity index (χ0) is 16.4. The highest BCUT2D eigenvalue weighted by Crippen LogP contribution is 2.30. The van der Waals surface area contributed by atoms with Crippen molar-refractivity contribution in [1.29, 1.82) is 0 Å². The number of rotatable bonds is 5. The summed E-state index contributed by atoms with van der Waals surface area (Å²) in [5, 5.41) is 5.79. The van der Waals surface area contributed by atoms with E-state index in [-0.39, 0.29) is 17.7 Å². The molecule has 1 aliphatic carbocycles. The molecule has 1 fully saturated rings. The first-order valence-corrected chi connectivity index (χ1v) is 8.70. The van der Waals surface area contributed by atoms with Crippen molar-refractivity contribution in [3.63, 3.8) is 0 Å². The number of hydrogen-bond acceptors (Lipinski definition) is 3. The molecule has 0 saturated heterocycles. The summed E-state index contributed by atoms with van der Waals surface area (Å²) < 4.78 is 0. The van der Waals surface area contributed by atoms with Crippen molar-refractivity contribution in [1.82, 2.24) is 0 Å². The number of carbonyl (C=O) groups is 2. The molecule has 1 aromatic heterocycles. The molecule has 2 amide bonds. The average Bonchev–Trinajstić information content (AvgIpc) is 3.30. The number of hydrogen-bond donors (Lipinski definition) is 2. The molecule has 3 rings (SSSR count). The second kappa shape index (κ2) is 6.54. The molecule has 1 saturated carbocycles. The third-order valence-corrected chi connectivity index (χ3v) is 5.05. The predicted molar refractivity (Wildman–Crippen MR) is 94.2 cm³/mol.